The molecule has 3 rings (SSSR count). The van der Waals surface area contributed by atoms with Gasteiger partial charge in [0.1, 0.15) is 11.7 Å². The topological polar surface area (TPSA) is 66.6 Å². The van der Waals surface area contributed by atoms with Crippen molar-refractivity contribution in [2.45, 2.75) is 38.6 Å². The molecule has 0 spiro atoms. The Morgan fingerprint density at radius 1 is 1.62 bits per heavy atom. The highest BCUT2D eigenvalue weighted by molar-refractivity contribution is 7.15. The summed E-state index contributed by atoms with van der Waals surface area (Å²) in [4.78, 5) is 19.1. The predicted molar refractivity (Wildman–Crippen MR) is 81.0 cm³/mol. The maximum Gasteiger partial charge on any atom is 0.312 e. The molecule has 5 nitrogen and oxygen atoms in total. The van der Waals surface area contributed by atoms with E-state index in [2.05, 4.69) is 9.88 Å². The van der Waals surface area contributed by atoms with E-state index in [0.29, 0.717) is 13.0 Å². The van der Waals surface area contributed by atoms with E-state index in [0.717, 1.165) is 39.9 Å². The highest BCUT2D eigenvalue weighted by Gasteiger charge is 2.30. The molecule has 0 saturated carbocycles. The maximum atomic E-state index is 11.3. The summed E-state index contributed by atoms with van der Waals surface area (Å²) in [5.74, 6) is -0.296. The van der Waals surface area contributed by atoms with Gasteiger partial charge in [-0.15, -0.1) is 11.3 Å². The number of thiazole rings is 1. The number of carboxylic acid groups (broad SMARTS) is 1. The van der Waals surface area contributed by atoms with Crippen molar-refractivity contribution in [2.75, 3.05) is 11.9 Å². The average molecular weight is 306 g/mol. The number of aliphatic carboxylic acids is 1. The molecule has 0 radical (unpaired) electrons. The third-order valence-corrected chi connectivity index (χ3v) is 5.19. The zero-order valence-electron chi connectivity index (χ0n) is 12.1. The van der Waals surface area contributed by atoms with Crippen LogP contribution in [0.5, 0.6) is 0 Å². The molecule has 1 N–H and O–H groups in total. The number of furan rings is 1. The Morgan fingerprint density at radius 3 is 3.10 bits per heavy atom. The first-order chi connectivity index (χ1) is 10.1. The molecule has 1 atom stereocenters. The molecule has 0 saturated heterocycles. The van der Waals surface area contributed by atoms with Gasteiger partial charge in [0, 0.05) is 24.0 Å². The van der Waals surface area contributed by atoms with Crippen LogP contribution in [0.4, 0.5) is 5.13 Å². The Hall–Kier alpha value is -1.82. The van der Waals surface area contributed by atoms with Crippen LogP contribution in [0.3, 0.4) is 0 Å². The van der Waals surface area contributed by atoms with Gasteiger partial charge >= 0.3 is 5.97 Å². The van der Waals surface area contributed by atoms with E-state index >= 15 is 0 Å². The van der Waals surface area contributed by atoms with Gasteiger partial charge in [-0.05, 0) is 32.3 Å². The molecule has 2 heterocycles. The van der Waals surface area contributed by atoms with Gasteiger partial charge in [0.2, 0.25) is 0 Å². The van der Waals surface area contributed by atoms with Crippen molar-refractivity contribution in [1.82, 2.24) is 4.98 Å². The molecule has 21 heavy (non-hydrogen) atoms. The van der Waals surface area contributed by atoms with Crippen molar-refractivity contribution in [2.24, 2.45) is 0 Å². The van der Waals surface area contributed by atoms with E-state index in [1.807, 2.05) is 20.0 Å². The molecule has 1 unspecified atom stereocenters. The zero-order valence-corrected chi connectivity index (χ0v) is 12.9. The Morgan fingerprint density at radius 2 is 2.43 bits per heavy atom. The summed E-state index contributed by atoms with van der Waals surface area (Å²) in [5.41, 5.74) is 1.89. The number of carbonyl (C=O) groups is 1. The van der Waals surface area contributed by atoms with Gasteiger partial charge in [-0.1, -0.05) is 0 Å². The van der Waals surface area contributed by atoms with Gasteiger partial charge in [0.25, 0.3) is 0 Å². The van der Waals surface area contributed by atoms with Crippen LogP contribution in [0.25, 0.3) is 0 Å². The van der Waals surface area contributed by atoms with Crippen molar-refractivity contribution >= 4 is 22.4 Å². The van der Waals surface area contributed by atoms with Gasteiger partial charge in [-0.25, -0.2) is 4.98 Å². The number of hydrogen-bond donors (Lipinski definition) is 1. The molecule has 1 aliphatic carbocycles. The molecule has 0 aromatic carbocycles. The van der Waals surface area contributed by atoms with E-state index in [4.69, 9.17) is 4.42 Å². The summed E-state index contributed by atoms with van der Waals surface area (Å²) in [5, 5.41) is 10.2. The first-order valence-electron chi connectivity index (χ1n) is 7.02. The molecule has 0 aliphatic heterocycles. The lowest BCUT2D eigenvalue weighted by atomic mass is 9.91. The third-order valence-electron chi connectivity index (χ3n) is 3.94. The lowest BCUT2D eigenvalue weighted by Gasteiger charge is -2.16. The Balaban J connectivity index is 1.83. The first-order valence-corrected chi connectivity index (χ1v) is 7.84. The Labute approximate surface area is 127 Å². The van der Waals surface area contributed by atoms with Crippen LogP contribution in [-0.2, 0) is 17.8 Å². The number of aromatic nitrogens is 1. The monoisotopic (exact) mass is 306 g/mol. The van der Waals surface area contributed by atoms with E-state index < -0.39 is 11.9 Å². The second-order valence-electron chi connectivity index (χ2n) is 5.45. The quantitative estimate of drug-likeness (QED) is 0.939. The fourth-order valence-electron chi connectivity index (χ4n) is 2.71. The van der Waals surface area contributed by atoms with Gasteiger partial charge < -0.3 is 14.4 Å². The van der Waals surface area contributed by atoms with Crippen LogP contribution < -0.4 is 4.90 Å². The second-order valence-corrected chi connectivity index (χ2v) is 6.51. The lowest BCUT2D eigenvalue weighted by Crippen LogP contribution is -2.18. The third kappa shape index (κ3) is 2.68. The number of fused-ring (bicyclic) bond motifs is 1. The summed E-state index contributed by atoms with van der Waals surface area (Å²) in [6, 6.07) is 1.96. The van der Waals surface area contributed by atoms with Crippen LogP contribution in [-0.4, -0.2) is 23.1 Å². The number of anilines is 1. The molecule has 1 aliphatic rings. The summed E-state index contributed by atoms with van der Waals surface area (Å²) in [6.07, 6.45) is 4.24. The van der Waals surface area contributed by atoms with Crippen molar-refractivity contribution in [3.63, 3.8) is 0 Å². The van der Waals surface area contributed by atoms with Crippen molar-refractivity contribution in [3.05, 3.63) is 34.2 Å². The van der Waals surface area contributed by atoms with Crippen LogP contribution in [0, 0.1) is 6.92 Å². The lowest BCUT2D eigenvalue weighted by molar-refractivity contribution is -0.139. The van der Waals surface area contributed by atoms with Crippen molar-refractivity contribution in [3.8, 4) is 0 Å². The number of aryl methyl sites for hydroxylation is 2. The highest BCUT2D eigenvalue weighted by Crippen LogP contribution is 2.38. The van der Waals surface area contributed by atoms with Crippen molar-refractivity contribution < 1.29 is 14.3 Å². The van der Waals surface area contributed by atoms with Crippen LogP contribution in [0.1, 0.15) is 40.7 Å². The molecular formula is C15H18N2O3S. The molecule has 2 aromatic heterocycles. The fraction of sp³-hybridized carbons (Fsp3) is 0.467. The molecule has 0 fully saturated rings. The summed E-state index contributed by atoms with van der Waals surface area (Å²) in [7, 11) is 1.98. The molecule has 0 bridgehead atoms. The number of hydrogen-bond acceptors (Lipinski definition) is 5. The minimum absolute atomic E-state index is 0.442. The summed E-state index contributed by atoms with van der Waals surface area (Å²) >= 11 is 1.61. The highest BCUT2D eigenvalue weighted by atomic mass is 32.1. The normalized spacial score (nSPS) is 17.5. The molecule has 112 valence electrons. The minimum Gasteiger partial charge on any atom is -0.481 e. The number of carboxylic acids is 1. The fourth-order valence-corrected chi connectivity index (χ4v) is 3.83. The van der Waals surface area contributed by atoms with Crippen LogP contribution in [0.2, 0.25) is 0 Å². The second kappa shape index (κ2) is 5.52. The standard InChI is InChI=1S/C15H18N2O3S/c1-9-10(6-7-20-9)8-17(2)15-16-13-11(14(18)19)4-3-5-12(13)21-15/h6-7,11H,3-5,8H2,1-2H3,(H,18,19). The number of nitrogens with zero attached hydrogens (tertiary/aromatic N) is 2. The van der Waals surface area contributed by atoms with Gasteiger partial charge in [-0.2, -0.15) is 0 Å². The molecular weight excluding hydrogens is 288 g/mol. The summed E-state index contributed by atoms with van der Waals surface area (Å²) in [6.45, 7) is 2.66. The Kier molecular flexibility index (Phi) is 3.71. The zero-order chi connectivity index (χ0) is 15.0. The minimum atomic E-state index is -0.763. The predicted octanol–water partition coefficient (Wildman–Crippen LogP) is 3.19. The van der Waals surface area contributed by atoms with E-state index in [1.165, 1.54) is 0 Å². The van der Waals surface area contributed by atoms with E-state index in [-0.39, 0.29) is 0 Å². The van der Waals surface area contributed by atoms with Crippen LogP contribution >= 0.6 is 11.3 Å². The smallest absolute Gasteiger partial charge is 0.312 e. The number of rotatable bonds is 4. The maximum absolute atomic E-state index is 11.3. The average Bonchev–Trinajstić information content (AvgIpc) is 3.04. The van der Waals surface area contributed by atoms with Crippen molar-refractivity contribution in [1.29, 1.82) is 0 Å². The van der Waals surface area contributed by atoms with Gasteiger partial charge in [0.15, 0.2) is 5.13 Å². The molecule has 6 heteroatoms. The SMILES string of the molecule is Cc1occc1CN(C)c1nc2c(s1)CCCC2C(=O)O. The van der Waals surface area contributed by atoms with Crippen LogP contribution in [0.15, 0.2) is 16.7 Å². The van der Waals surface area contributed by atoms with Gasteiger partial charge in [0.05, 0.1) is 12.0 Å². The van der Waals surface area contributed by atoms with E-state index in [1.54, 1.807) is 17.6 Å². The Bertz CT molecular complexity index is 662. The molecule has 2 aromatic rings. The van der Waals surface area contributed by atoms with Gasteiger partial charge in [-0.3, -0.25) is 4.79 Å². The summed E-state index contributed by atoms with van der Waals surface area (Å²) < 4.78 is 5.31. The first kappa shape index (κ1) is 14.1. The molecule has 0 amide bonds. The van der Waals surface area contributed by atoms with E-state index in [9.17, 15) is 9.90 Å². The largest absolute Gasteiger partial charge is 0.481 e.